The SMILES string of the molecule is N#C/C(=C\c1ccccc1)C(=O)N/N=C(\c1ccccc1)c1ccc(N2CCCCS2(=O)=O)cc1. The van der Waals surface area contributed by atoms with Crippen LogP contribution in [0.25, 0.3) is 6.08 Å². The van der Waals surface area contributed by atoms with Crippen molar-refractivity contribution in [2.75, 3.05) is 16.6 Å². The van der Waals surface area contributed by atoms with Crippen molar-refractivity contribution in [2.24, 2.45) is 5.10 Å². The summed E-state index contributed by atoms with van der Waals surface area (Å²) in [6, 6.07) is 27.4. The zero-order valence-electron chi connectivity index (χ0n) is 19.0. The Morgan fingerprint density at radius 3 is 2.17 bits per heavy atom. The number of sulfonamides is 1. The normalized spacial score (nSPS) is 15.8. The average Bonchev–Trinajstić information content (AvgIpc) is 2.89. The summed E-state index contributed by atoms with van der Waals surface area (Å²) in [5, 5.41) is 13.8. The second-order valence-electron chi connectivity index (χ2n) is 7.99. The molecule has 0 radical (unpaired) electrons. The third-order valence-corrected chi connectivity index (χ3v) is 7.44. The van der Waals surface area contributed by atoms with E-state index in [1.54, 1.807) is 36.4 Å². The summed E-state index contributed by atoms with van der Waals surface area (Å²) >= 11 is 0. The predicted octanol–water partition coefficient (Wildman–Crippen LogP) is 4.09. The highest BCUT2D eigenvalue weighted by Crippen LogP contribution is 2.24. The van der Waals surface area contributed by atoms with Gasteiger partial charge in [0.15, 0.2) is 0 Å². The summed E-state index contributed by atoms with van der Waals surface area (Å²) in [6.07, 6.45) is 2.99. The molecular formula is C27H24N4O3S. The molecule has 1 amide bonds. The highest BCUT2D eigenvalue weighted by atomic mass is 32.2. The van der Waals surface area contributed by atoms with Crippen molar-refractivity contribution in [3.8, 4) is 6.07 Å². The van der Waals surface area contributed by atoms with Crippen LogP contribution >= 0.6 is 0 Å². The summed E-state index contributed by atoms with van der Waals surface area (Å²) in [6.45, 7) is 0.460. The van der Waals surface area contributed by atoms with Gasteiger partial charge in [0, 0.05) is 17.7 Å². The molecule has 0 aliphatic carbocycles. The predicted molar refractivity (Wildman–Crippen MR) is 137 cm³/mol. The molecule has 0 atom stereocenters. The second-order valence-corrected chi connectivity index (χ2v) is 10.0. The summed E-state index contributed by atoms with van der Waals surface area (Å²) in [7, 11) is -3.31. The Morgan fingerprint density at radius 1 is 0.914 bits per heavy atom. The molecule has 1 N–H and O–H groups in total. The smallest absolute Gasteiger partial charge is 0.270 e. The number of benzene rings is 3. The molecule has 4 rings (SSSR count). The molecular weight excluding hydrogens is 460 g/mol. The number of carbonyl (C=O) groups excluding carboxylic acids is 1. The van der Waals surface area contributed by atoms with Gasteiger partial charge in [-0.05, 0) is 36.6 Å². The Labute approximate surface area is 205 Å². The lowest BCUT2D eigenvalue weighted by molar-refractivity contribution is -0.117. The van der Waals surface area contributed by atoms with Crippen LogP contribution < -0.4 is 9.73 Å². The molecule has 0 unspecified atom stereocenters. The molecule has 1 aliphatic heterocycles. The summed E-state index contributed by atoms with van der Waals surface area (Å²) < 4.78 is 26.3. The third-order valence-electron chi connectivity index (χ3n) is 5.57. The zero-order valence-corrected chi connectivity index (χ0v) is 19.8. The van der Waals surface area contributed by atoms with Gasteiger partial charge in [0.05, 0.1) is 17.2 Å². The fraction of sp³-hybridized carbons (Fsp3) is 0.148. The molecule has 8 heteroatoms. The van der Waals surface area contributed by atoms with Gasteiger partial charge in [0.25, 0.3) is 5.91 Å². The van der Waals surface area contributed by atoms with E-state index in [0.717, 1.165) is 17.5 Å². The maximum atomic E-state index is 12.7. The number of nitriles is 1. The van der Waals surface area contributed by atoms with Crippen LogP contribution in [0.15, 0.2) is 95.6 Å². The number of nitrogens with zero attached hydrogens (tertiary/aromatic N) is 3. The average molecular weight is 485 g/mol. The van der Waals surface area contributed by atoms with Gasteiger partial charge < -0.3 is 0 Å². The first-order valence-corrected chi connectivity index (χ1v) is 12.8. The summed E-state index contributed by atoms with van der Waals surface area (Å²) in [4.78, 5) is 12.7. The number of nitrogens with one attached hydrogen (secondary N) is 1. The lowest BCUT2D eigenvalue weighted by Crippen LogP contribution is -2.37. The van der Waals surface area contributed by atoms with Gasteiger partial charge in [-0.2, -0.15) is 10.4 Å². The zero-order chi connectivity index (χ0) is 24.7. The van der Waals surface area contributed by atoms with Crippen LogP contribution in [0.2, 0.25) is 0 Å². The Bertz CT molecular complexity index is 1390. The highest BCUT2D eigenvalue weighted by molar-refractivity contribution is 7.92. The maximum Gasteiger partial charge on any atom is 0.282 e. The van der Waals surface area contributed by atoms with Gasteiger partial charge in [0.2, 0.25) is 10.0 Å². The van der Waals surface area contributed by atoms with Gasteiger partial charge >= 0.3 is 0 Å². The van der Waals surface area contributed by atoms with E-state index in [9.17, 15) is 18.5 Å². The minimum absolute atomic E-state index is 0.0713. The third kappa shape index (κ3) is 5.83. The molecule has 1 fully saturated rings. The highest BCUT2D eigenvalue weighted by Gasteiger charge is 2.26. The van der Waals surface area contributed by atoms with Crippen LogP contribution in [0.4, 0.5) is 5.69 Å². The van der Waals surface area contributed by atoms with E-state index in [-0.39, 0.29) is 11.3 Å². The van der Waals surface area contributed by atoms with Gasteiger partial charge in [-0.3, -0.25) is 9.10 Å². The van der Waals surface area contributed by atoms with Crippen molar-refractivity contribution in [2.45, 2.75) is 12.8 Å². The lowest BCUT2D eigenvalue weighted by atomic mass is 10.0. The number of hydrazone groups is 1. The number of amides is 1. The fourth-order valence-electron chi connectivity index (χ4n) is 3.79. The minimum atomic E-state index is -3.31. The van der Waals surface area contributed by atoms with Gasteiger partial charge in [-0.15, -0.1) is 0 Å². The number of anilines is 1. The van der Waals surface area contributed by atoms with Gasteiger partial charge in [-0.1, -0.05) is 72.8 Å². The topological polar surface area (TPSA) is 103 Å². The molecule has 1 aliphatic rings. The van der Waals surface area contributed by atoms with Crippen molar-refractivity contribution in [1.82, 2.24) is 5.43 Å². The summed E-state index contributed by atoms with van der Waals surface area (Å²) in [5.41, 5.74) is 5.70. The second kappa shape index (κ2) is 10.8. The number of hydrogen-bond acceptors (Lipinski definition) is 5. The summed E-state index contributed by atoms with van der Waals surface area (Å²) in [5.74, 6) is -0.476. The van der Waals surface area contributed by atoms with Crippen LogP contribution in [-0.2, 0) is 14.8 Å². The van der Waals surface area contributed by atoms with E-state index in [4.69, 9.17) is 0 Å². The Morgan fingerprint density at radius 2 is 1.54 bits per heavy atom. The molecule has 1 heterocycles. The van der Waals surface area contributed by atoms with Crippen LogP contribution in [0.1, 0.15) is 29.5 Å². The molecule has 0 spiro atoms. The molecule has 35 heavy (non-hydrogen) atoms. The minimum Gasteiger partial charge on any atom is -0.270 e. The first-order valence-electron chi connectivity index (χ1n) is 11.2. The Hall–Kier alpha value is -4.22. The number of rotatable bonds is 6. The first kappa shape index (κ1) is 23.9. The van der Waals surface area contributed by atoms with Gasteiger partial charge in [-0.25, -0.2) is 13.8 Å². The number of carbonyl (C=O) groups is 1. The van der Waals surface area contributed by atoms with Crippen molar-refractivity contribution in [1.29, 1.82) is 5.26 Å². The van der Waals surface area contributed by atoms with E-state index in [1.165, 1.54) is 10.4 Å². The van der Waals surface area contributed by atoms with Gasteiger partial charge in [0.1, 0.15) is 11.6 Å². The molecule has 0 saturated carbocycles. The largest absolute Gasteiger partial charge is 0.282 e. The molecule has 0 bridgehead atoms. The van der Waals surface area contributed by atoms with Crippen LogP contribution in [0, 0.1) is 11.3 Å². The molecule has 0 aromatic heterocycles. The van der Waals surface area contributed by atoms with Crippen molar-refractivity contribution < 1.29 is 13.2 Å². The van der Waals surface area contributed by atoms with E-state index < -0.39 is 15.9 Å². The first-order chi connectivity index (χ1) is 17.0. The molecule has 1 saturated heterocycles. The standard InChI is InChI=1S/C27H24N4O3S/c28-20-24(19-21-9-3-1-4-10-21)27(32)30-29-26(22-11-5-2-6-12-22)23-13-15-25(16-14-23)31-17-7-8-18-35(31,33)34/h1-6,9-16,19H,7-8,17-18H2,(H,30,32)/b24-19+,29-26+. The van der Waals surface area contributed by atoms with Crippen molar-refractivity contribution in [3.05, 3.63) is 107 Å². The maximum absolute atomic E-state index is 12.7. The van der Waals surface area contributed by atoms with E-state index >= 15 is 0 Å². The molecule has 3 aromatic carbocycles. The lowest BCUT2D eigenvalue weighted by Gasteiger charge is -2.28. The van der Waals surface area contributed by atoms with Crippen LogP contribution in [0.5, 0.6) is 0 Å². The molecule has 7 nitrogen and oxygen atoms in total. The molecule has 3 aromatic rings. The molecule has 176 valence electrons. The van der Waals surface area contributed by atoms with E-state index in [1.807, 2.05) is 54.6 Å². The van der Waals surface area contributed by atoms with Crippen LogP contribution in [0.3, 0.4) is 0 Å². The monoisotopic (exact) mass is 484 g/mol. The number of hydrogen-bond donors (Lipinski definition) is 1. The van der Waals surface area contributed by atoms with Crippen molar-refractivity contribution >= 4 is 33.4 Å². The Balaban J connectivity index is 1.62. The van der Waals surface area contributed by atoms with E-state index in [2.05, 4.69) is 10.5 Å². The quantitative estimate of drug-likeness (QED) is 0.246. The van der Waals surface area contributed by atoms with Crippen LogP contribution in [-0.4, -0.2) is 32.3 Å². The van der Waals surface area contributed by atoms with E-state index in [0.29, 0.717) is 29.9 Å². The Kier molecular flexibility index (Phi) is 7.38. The van der Waals surface area contributed by atoms with Crippen molar-refractivity contribution in [3.63, 3.8) is 0 Å². The fourth-order valence-corrected chi connectivity index (χ4v) is 5.43.